The maximum atomic E-state index is 13.2. The van der Waals surface area contributed by atoms with Gasteiger partial charge in [-0.1, -0.05) is 195 Å². The second-order valence-corrected chi connectivity index (χ2v) is 19.4. The molecule has 0 aliphatic rings. The van der Waals surface area contributed by atoms with Crippen LogP contribution in [0.4, 0.5) is 0 Å². The number of para-hydroxylation sites is 1. The number of fused-ring (bicyclic) bond motifs is 1. The molecule has 0 amide bonds. The molecule has 4 heteroatoms. The molecule has 8 aromatic carbocycles. The first-order valence-corrected chi connectivity index (χ1v) is 23.5. The molecule has 0 spiro atoms. The van der Waals surface area contributed by atoms with Gasteiger partial charge < -0.3 is 5.11 Å². The van der Waals surface area contributed by atoms with Crippen molar-refractivity contribution in [1.82, 2.24) is 14.5 Å². The van der Waals surface area contributed by atoms with Crippen LogP contribution in [0.2, 0.25) is 0 Å². The Hall–Kier alpha value is -7.82. The third kappa shape index (κ3) is 9.19. The lowest BCUT2D eigenvalue weighted by Crippen LogP contribution is -2.17. The summed E-state index contributed by atoms with van der Waals surface area (Å²) in [4.78, 5) is 9.96. The number of hydrogen-bond acceptors (Lipinski definition) is 3. The molecule has 2 aromatic heterocycles. The van der Waals surface area contributed by atoms with Crippen molar-refractivity contribution in [1.29, 1.82) is 0 Å². The monoisotopic (exact) mass is 961 g/mol. The van der Waals surface area contributed by atoms with Gasteiger partial charge in [0.2, 0.25) is 0 Å². The summed E-state index contributed by atoms with van der Waals surface area (Å²) >= 11 is 0. The molecule has 358 valence electrons. The summed E-state index contributed by atoms with van der Waals surface area (Å²) in [6.45, 7) is -20.2. The third-order valence-corrected chi connectivity index (χ3v) is 13.1. The zero-order valence-corrected chi connectivity index (χ0v) is 40.2. The molecule has 0 unspecified atom stereocenters. The Labute approximate surface area is 456 Å². The van der Waals surface area contributed by atoms with E-state index in [9.17, 15) is 9.22 Å². The quantitative estimate of drug-likeness (QED) is 0.165. The van der Waals surface area contributed by atoms with Gasteiger partial charge in [-0.2, -0.15) is 0 Å². The number of benzene rings is 8. The van der Waals surface area contributed by atoms with Crippen LogP contribution in [-0.2, 0) is 16.2 Å². The van der Waals surface area contributed by atoms with E-state index in [4.69, 9.17) is 34.6 Å². The van der Waals surface area contributed by atoms with Crippen molar-refractivity contribution < 1.29 is 33.9 Å². The van der Waals surface area contributed by atoms with E-state index in [2.05, 4.69) is 0 Å². The van der Waals surface area contributed by atoms with E-state index in [-0.39, 0.29) is 28.4 Å². The molecule has 2 heterocycles. The van der Waals surface area contributed by atoms with Crippen LogP contribution in [0.15, 0.2) is 188 Å². The van der Waals surface area contributed by atoms with Gasteiger partial charge >= 0.3 is 0 Å². The molecular formula is C68H65N3O. The molecule has 0 aliphatic carbocycles. The molecule has 0 radical (unpaired) electrons. The van der Waals surface area contributed by atoms with Gasteiger partial charge in [-0.05, 0) is 151 Å². The number of aryl methyl sites for hydroxylation is 2. The molecule has 0 aliphatic heterocycles. The Morgan fingerprint density at radius 2 is 1.14 bits per heavy atom. The predicted molar refractivity (Wildman–Crippen MR) is 304 cm³/mol. The highest BCUT2D eigenvalue weighted by atomic mass is 16.3. The van der Waals surface area contributed by atoms with Crippen molar-refractivity contribution in [3.8, 4) is 89.7 Å². The number of aromatic nitrogens is 3. The SMILES string of the molecule is [2H]C([2H])([2H])c1cc(-c2c(-c3ccccc3)cccc2C(C)(C)C)ccc1-n1c(-c2cc(C(C([2H])([2H])[2H])(C([2H])([2H])[2H])C([2H])([2H])[2H])cc(C(C([2H])([2H])[2H])(C([2H])([2H])[2H])C([2H])([2H])[2H])c2O)nc2c(-c3cc(-c4ccccc4)cc(-c4cc(-c5ccc(C)cc5)ccn4)c3)cccc21. The molecular weight excluding hydrogens is 875 g/mol. The first-order valence-electron chi connectivity index (χ1n) is 34.0. The topological polar surface area (TPSA) is 50.9 Å². The fourth-order valence-corrected chi connectivity index (χ4v) is 9.54. The van der Waals surface area contributed by atoms with Gasteiger partial charge in [0, 0.05) is 51.7 Å². The van der Waals surface area contributed by atoms with Crippen molar-refractivity contribution >= 4 is 11.0 Å². The van der Waals surface area contributed by atoms with Crippen LogP contribution in [-0.4, -0.2) is 19.6 Å². The number of imidazole rings is 1. The van der Waals surface area contributed by atoms with Gasteiger partial charge in [0.25, 0.3) is 0 Å². The summed E-state index contributed by atoms with van der Waals surface area (Å²) in [5.41, 5.74) is -3.67. The first-order chi connectivity index (χ1) is 43.0. The molecule has 0 fully saturated rings. The van der Waals surface area contributed by atoms with E-state index < -0.39 is 92.5 Å². The number of hydrogen-bond donors (Lipinski definition) is 1. The standard InChI is InChI=1S/C68H65N3O/c1-43-28-30-46(31-29-43)48-34-35-69-59(40-48)52-38-50(45-20-14-12-15-21-45)37-51(39-52)55-25-19-27-61-63(55)70-65(56-41-53(66(3,4)5)42-58(64(56)72)68(9,10)11)71(61)60-33-32-49(36-44(60)2)62-54(47-22-16-13-17-23-47)24-18-26-57(62)67(6,7)8/h12-42,72H,1-11H3/i2D3,3D3,4D3,5D3,9D3,10D3,11D3. The molecule has 0 saturated carbocycles. The Morgan fingerprint density at radius 1 is 0.486 bits per heavy atom. The summed E-state index contributed by atoms with van der Waals surface area (Å²) in [6.07, 6.45) is 1.68. The van der Waals surface area contributed by atoms with Crippen molar-refractivity contribution in [3.63, 3.8) is 0 Å². The van der Waals surface area contributed by atoms with Gasteiger partial charge in [0.05, 0.1) is 28.0 Å². The van der Waals surface area contributed by atoms with E-state index in [1.54, 1.807) is 24.4 Å². The van der Waals surface area contributed by atoms with Gasteiger partial charge in [-0.25, -0.2) is 4.98 Å². The maximum Gasteiger partial charge on any atom is 0.149 e. The maximum absolute atomic E-state index is 13.2. The van der Waals surface area contributed by atoms with E-state index in [1.165, 1.54) is 22.8 Å². The molecule has 72 heavy (non-hydrogen) atoms. The largest absolute Gasteiger partial charge is 0.507 e. The van der Waals surface area contributed by atoms with E-state index in [0.29, 0.717) is 45.1 Å². The lowest BCUT2D eigenvalue weighted by molar-refractivity contribution is 0.446. The minimum absolute atomic E-state index is 0.0103. The summed E-state index contributed by atoms with van der Waals surface area (Å²) in [6, 6.07) is 52.2. The van der Waals surface area contributed by atoms with Crippen LogP contribution in [0.1, 0.15) is 118 Å². The number of aromatic hydroxyl groups is 1. The Morgan fingerprint density at radius 3 is 1.85 bits per heavy atom. The minimum atomic E-state index is -4.25. The van der Waals surface area contributed by atoms with E-state index in [0.717, 1.165) is 38.9 Å². The molecule has 1 N–H and O–H groups in total. The van der Waals surface area contributed by atoms with Crippen molar-refractivity contribution in [3.05, 3.63) is 216 Å². The molecule has 0 saturated heterocycles. The number of nitrogens with zero attached hydrogens (tertiary/aromatic N) is 3. The van der Waals surface area contributed by atoms with Crippen LogP contribution in [0, 0.1) is 13.8 Å². The lowest BCUT2D eigenvalue weighted by atomic mass is 9.78. The third-order valence-electron chi connectivity index (χ3n) is 13.1. The van der Waals surface area contributed by atoms with Crippen molar-refractivity contribution in [2.24, 2.45) is 0 Å². The number of phenols is 1. The normalized spacial score (nSPS) is 17.7. The zero-order valence-electron chi connectivity index (χ0n) is 61.2. The first kappa shape index (κ1) is 28.9. The Bertz CT molecular complexity index is 4380. The molecule has 0 atom stereocenters. The minimum Gasteiger partial charge on any atom is -0.507 e. The van der Waals surface area contributed by atoms with Gasteiger partial charge in [0.15, 0.2) is 0 Å². The molecule has 4 nitrogen and oxygen atoms in total. The second-order valence-electron chi connectivity index (χ2n) is 19.4. The summed E-state index contributed by atoms with van der Waals surface area (Å²) in [7, 11) is 0. The number of rotatable bonds is 8. The molecule has 10 aromatic rings. The lowest BCUT2D eigenvalue weighted by Gasteiger charge is -2.28. The summed E-state index contributed by atoms with van der Waals surface area (Å²) in [5.74, 6) is -2.16. The number of phenolic OH excluding ortho intramolecular Hbond substituents is 1. The number of pyridine rings is 1. The highest BCUT2D eigenvalue weighted by Crippen LogP contribution is 2.47. The highest BCUT2D eigenvalue weighted by molar-refractivity contribution is 5.98. The zero-order chi connectivity index (χ0) is 68.2. The van der Waals surface area contributed by atoms with E-state index in [1.807, 2.05) is 161 Å². The fraction of sp³-hybridized carbons (Fsp3) is 0.206. The highest BCUT2D eigenvalue weighted by Gasteiger charge is 2.30. The predicted octanol–water partition coefficient (Wildman–Crippen LogP) is 18.3. The van der Waals surface area contributed by atoms with Gasteiger partial charge in [-0.3, -0.25) is 9.55 Å². The average Bonchev–Trinajstić information content (AvgIpc) is 0.888. The Balaban J connectivity index is 1.41. The fourth-order valence-electron chi connectivity index (χ4n) is 9.54. The van der Waals surface area contributed by atoms with Crippen molar-refractivity contribution in [2.45, 2.75) is 91.9 Å². The molecule has 0 bridgehead atoms. The van der Waals surface area contributed by atoms with Crippen molar-refractivity contribution in [2.75, 3.05) is 0 Å². The van der Waals surface area contributed by atoms with Gasteiger partial charge in [0.1, 0.15) is 11.6 Å². The molecule has 10 rings (SSSR count). The van der Waals surface area contributed by atoms with Crippen LogP contribution in [0.3, 0.4) is 0 Å². The van der Waals surface area contributed by atoms with Crippen LogP contribution >= 0.6 is 0 Å². The second kappa shape index (κ2) is 18.4. The smallest absolute Gasteiger partial charge is 0.149 e. The van der Waals surface area contributed by atoms with Crippen LogP contribution in [0.5, 0.6) is 5.75 Å². The summed E-state index contributed by atoms with van der Waals surface area (Å²) < 4.78 is 189. The van der Waals surface area contributed by atoms with Gasteiger partial charge in [-0.15, -0.1) is 0 Å². The van der Waals surface area contributed by atoms with E-state index >= 15 is 0 Å². The van der Waals surface area contributed by atoms with Crippen LogP contribution < -0.4 is 0 Å². The summed E-state index contributed by atoms with van der Waals surface area (Å²) in [5, 5.41) is 13.2. The Kier molecular flexibility index (Phi) is 7.39. The van der Waals surface area contributed by atoms with Crippen LogP contribution in [0.25, 0.3) is 95.0 Å². The average molecular weight is 961 g/mol.